The molecule has 2 rings (SSSR count). The van der Waals surface area contributed by atoms with Crippen molar-refractivity contribution in [2.24, 2.45) is 0 Å². The molecule has 110 valence electrons. The van der Waals surface area contributed by atoms with Crippen LogP contribution in [0.5, 0.6) is 0 Å². The zero-order valence-corrected chi connectivity index (χ0v) is 12.3. The van der Waals surface area contributed by atoms with Gasteiger partial charge in [-0.2, -0.15) is 0 Å². The van der Waals surface area contributed by atoms with Crippen molar-refractivity contribution in [3.05, 3.63) is 59.5 Å². The van der Waals surface area contributed by atoms with E-state index in [1.807, 2.05) is 26.0 Å². The van der Waals surface area contributed by atoms with E-state index in [-0.39, 0.29) is 5.91 Å². The maximum atomic E-state index is 11.7. The number of rotatable bonds is 6. The number of hydrogen-bond acceptors (Lipinski definition) is 4. The summed E-state index contributed by atoms with van der Waals surface area (Å²) in [4.78, 5) is 11.7. The Morgan fingerprint density at radius 2 is 2.05 bits per heavy atom. The lowest BCUT2D eigenvalue weighted by Crippen LogP contribution is -2.23. The molecule has 0 radical (unpaired) electrons. The first-order valence-electron chi connectivity index (χ1n) is 6.76. The topological polar surface area (TPSA) is 67.2 Å². The predicted octanol–water partition coefficient (Wildman–Crippen LogP) is 2.82. The Labute approximate surface area is 124 Å². The summed E-state index contributed by atoms with van der Waals surface area (Å²) < 4.78 is 5.12. The minimum atomic E-state index is -0.104. The van der Waals surface area contributed by atoms with Crippen LogP contribution >= 0.6 is 0 Å². The molecule has 0 atom stereocenters. The molecule has 1 amide bonds. The summed E-state index contributed by atoms with van der Waals surface area (Å²) in [7, 11) is 0. The van der Waals surface area contributed by atoms with Crippen molar-refractivity contribution in [3.63, 3.8) is 0 Å². The number of carbonyl (C=O) groups excluding carboxylic acids is 1. The highest BCUT2D eigenvalue weighted by atomic mass is 16.5. The highest BCUT2D eigenvalue weighted by Crippen LogP contribution is 2.15. The molecule has 0 aliphatic heterocycles. The van der Waals surface area contributed by atoms with Gasteiger partial charge in [-0.05, 0) is 38.1 Å². The highest BCUT2D eigenvalue weighted by molar-refractivity contribution is 5.94. The Hall–Kier alpha value is -2.56. The Balaban J connectivity index is 1.96. The summed E-state index contributed by atoms with van der Waals surface area (Å²) in [5.74, 6) is 0.715. The first-order chi connectivity index (χ1) is 10.1. The molecular formula is C16H19N3O2. The van der Waals surface area contributed by atoms with Crippen molar-refractivity contribution in [1.82, 2.24) is 10.5 Å². The largest absolute Gasteiger partial charge is 0.381 e. The monoisotopic (exact) mass is 285 g/mol. The standard InChI is InChI=1S/C16H19N3O2/c1-4-9-17-16(20)13-5-7-14(8-6-13)18-10-15-11(2)19-21-12(15)3/h4-8,18H,1,9-10H2,2-3H3,(H,17,20). The number of benzene rings is 1. The van der Waals surface area contributed by atoms with Gasteiger partial charge in [0.15, 0.2) is 0 Å². The van der Waals surface area contributed by atoms with Gasteiger partial charge in [-0.1, -0.05) is 11.2 Å². The molecule has 0 bridgehead atoms. The quantitative estimate of drug-likeness (QED) is 0.801. The van der Waals surface area contributed by atoms with E-state index in [2.05, 4.69) is 22.4 Å². The summed E-state index contributed by atoms with van der Waals surface area (Å²) >= 11 is 0. The van der Waals surface area contributed by atoms with E-state index in [1.54, 1.807) is 18.2 Å². The van der Waals surface area contributed by atoms with Crippen molar-refractivity contribution in [1.29, 1.82) is 0 Å². The van der Waals surface area contributed by atoms with Crippen LogP contribution in [0.15, 0.2) is 41.4 Å². The Bertz CT molecular complexity index is 610. The van der Waals surface area contributed by atoms with Gasteiger partial charge >= 0.3 is 0 Å². The van der Waals surface area contributed by atoms with Crippen molar-refractivity contribution >= 4 is 11.6 Å². The van der Waals surface area contributed by atoms with Gasteiger partial charge in [0.25, 0.3) is 5.91 Å². The van der Waals surface area contributed by atoms with Crippen molar-refractivity contribution in [2.45, 2.75) is 20.4 Å². The summed E-state index contributed by atoms with van der Waals surface area (Å²) in [5, 5.41) is 9.95. The first-order valence-corrected chi connectivity index (χ1v) is 6.76. The number of aromatic nitrogens is 1. The Morgan fingerprint density at radius 3 is 2.62 bits per heavy atom. The molecule has 2 aromatic rings. The zero-order valence-electron chi connectivity index (χ0n) is 12.3. The van der Waals surface area contributed by atoms with Crippen LogP contribution in [0.2, 0.25) is 0 Å². The molecule has 21 heavy (non-hydrogen) atoms. The van der Waals surface area contributed by atoms with Crippen molar-refractivity contribution in [2.75, 3.05) is 11.9 Å². The lowest BCUT2D eigenvalue weighted by atomic mass is 10.1. The fraction of sp³-hybridized carbons (Fsp3) is 0.250. The molecule has 0 spiro atoms. The number of amides is 1. The minimum Gasteiger partial charge on any atom is -0.381 e. The number of anilines is 1. The van der Waals surface area contributed by atoms with E-state index in [1.165, 1.54) is 0 Å². The molecule has 1 aromatic heterocycles. The number of nitrogens with one attached hydrogen (secondary N) is 2. The van der Waals surface area contributed by atoms with Crippen LogP contribution in [0.25, 0.3) is 0 Å². The van der Waals surface area contributed by atoms with Crippen LogP contribution < -0.4 is 10.6 Å². The summed E-state index contributed by atoms with van der Waals surface area (Å²) in [5.41, 5.74) is 3.51. The van der Waals surface area contributed by atoms with Crippen LogP contribution in [-0.4, -0.2) is 17.6 Å². The second-order valence-electron chi connectivity index (χ2n) is 4.73. The first kappa shape index (κ1) is 14.8. The molecule has 0 saturated carbocycles. The third-order valence-electron chi connectivity index (χ3n) is 3.20. The fourth-order valence-corrected chi connectivity index (χ4v) is 1.95. The summed E-state index contributed by atoms with van der Waals surface area (Å²) in [6.45, 7) is 8.48. The SMILES string of the molecule is C=CCNC(=O)c1ccc(NCc2c(C)noc2C)cc1. The smallest absolute Gasteiger partial charge is 0.251 e. The number of aryl methyl sites for hydroxylation is 2. The maximum absolute atomic E-state index is 11.7. The molecule has 0 aliphatic carbocycles. The van der Waals surface area contributed by atoms with E-state index in [0.29, 0.717) is 18.7 Å². The van der Waals surface area contributed by atoms with E-state index in [4.69, 9.17) is 4.52 Å². The third kappa shape index (κ3) is 3.72. The Kier molecular flexibility index (Phi) is 4.77. The van der Waals surface area contributed by atoms with E-state index < -0.39 is 0 Å². The van der Waals surface area contributed by atoms with E-state index in [0.717, 1.165) is 22.7 Å². The van der Waals surface area contributed by atoms with Crippen molar-refractivity contribution < 1.29 is 9.32 Å². The molecular weight excluding hydrogens is 266 g/mol. The molecule has 5 nitrogen and oxygen atoms in total. The molecule has 2 N–H and O–H groups in total. The van der Waals surface area contributed by atoms with E-state index >= 15 is 0 Å². The van der Waals surface area contributed by atoms with Gasteiger partial charge < -0.3 is 15.2 Å². The predicted molar refractivity (Wildman–Crippen MR) is 82.3 cm³/mol. The minimum absolute atomic E-state index is 0.104. The summed E-state index contributed by atoms with van der Waals surface area (Å²) in [6, 6.07) is 7.32. The van der Waals surface area contributed by atoms with Gasteiger partial charge in [0.05, 0.1) is 5.69 Å². The highest BCUT2D eigenvalue weighted by Gasteiger charge is 2.08. The second-order valence-corrected chi connectivity index (χ2v) is 4.73. The fourth-order valence-electron chi connectivity index (χ4n) is 1.95. The van der Waals surface area contributed by atoms with Crippen LogP contribution in [-0.2, 0) is 6.54 Å². The van der Waals surface area contributed by atoms with E-state index in [9.17, 15) is 4.79 Å². The van der Waals surface area contributed by atoms with Gasteiger partial charge in [0.1, 0.15) is 5.76 Å². The molecule has 1 aromatic carbocycles. The average Bonchev–Trinajstić information content (AvgIpc) is 2.82. The number of carbonyl (C=O) groups is 1. The average molecular weight is 285 g/mol. The van der Waals surface area contributed by atoms with Crippen molar-refractivity contribution in [3.8, 4) is 0 Å². The molecule has 0 unspecified atom stereocenters. The third-order valence-corrected chi connectivity index (χ3v) is 3.20. The molecule has 1 heterocycles. The molecule has 0 fully saturated rings. The normalized spacial score (nSPS) is 10.2. The van der Waals surface area contributed by atoms with Crippen LogP contribution in [0.1, 0.15) is 27.4 Å². The zero-order chi connectivity index (χ0) is 15.2. The molecule has 0 aliphatic rings. The summed E-state index contributed by atoms with van der Waals surface area (Å²) in [6.07, 6.45) is 1.65. The molecule has 0 saturated heterocycles. The van der Waals surface area contributed by atoms with Gasteiger partial charge in [-0.25, -0.2) is 0 Å². The Morgan fingerprint density at radius 1 is 1.33 bits per heavy atom. The number of hydrogen-bond donors (Lipinski definition) is 2. The van der Waals surface area contributed by atoms with Gasteiger partial charge in [-0.15, -0.1) is 6.58 Å². The maximum Gasteiger partial charge on any atom is 0.251 e. The van der Waals surface area contributed by atoms with Crippen LogP contribution in [0.3, 0.4) is 0 Å². The number of nitrogens with zero attached hydrogens (tertiary/aromatic N) is 1. The van der Waals surface area contributed by atoms with Gasteiger partial charge in [0, 0.05) is 29.9 Å². The second kappa shape index (κ2) is 6.74. The molecule has 5 heteroatoms. The van der Waals surface area contributed by atoms with Gasteiger partial charge in [-0.3, -0.25) is 4.79 Å². The lowest BCUT2D eigenvalue weighted by molar-refractivity contribution is 0.0958. The van der Waals surface area contributed by atoms with Crippen LogP contribution in [0, 0.1) is 13.8 Å². The lowest BCUT2D eigenvalue weighted by Gasteiger charge is -2.07. The van der Waals surface area contributed by atoms with Crippen LogP contribution in [0.4, 0.5) is 5.69 Å². The van der Waals surface area contributed by atoms with Gasteiger partial charge in [0.2, 0.25) is 0 Å².